The number of carbonyl (C=O) groups excluding carboxylic acids is 1. The normalized spacial score (nSPS) is 10.4. The number of nitrogen functional groups attached to an aromatic ring is 1. The highest BCUT2D eigenvalue weighted by Gasteiger charge is 2.16. The van der Waals surface area contributed by atoms with E-state index >= 15 is 0 Å². The summed E-state index contributed by atoms with van der Waals surface area (Å²) in [6, 6.07) is 5.33. The van der Waals surface area contributed by atoms with Crippen molar-refractivity contribution < 1.29 is 9.53 Å². The number of nitrogens with zero attached hydrogens (tertiary/aromatic N) is 2. The van der Waals surface area contributed by atoms with Crippen molar-refractivity contribution in [3.63, 3.8) is 0 Å². The average Bonchev–Trinajstić information content (AvgIpc) is 2.93. The van der Waals surface area contributed by atoms with Crippen LogP contribution in [0.3, 0.4) is 0 Å². The zero-order valence-corrected chi connectivity index (χ0v) is 12.9. The second kappa shape index (κ2) is 7.03. The Morgan fingerprint density at radius 1 is 1.48 bits per heavy atom. The number of methoxy groups -OCH3 is 1. The number of rotatable bonds is 6. The lowest BCUT2D eigenvalue weighted by Crippen LogP contribution is -2.23. The Bertz CT molecular complexity index is 627. The second-order valence-electron chi connectivity index (χ2n) is 4.55. The molecule has 1 aromatic heterocycles. The van der Waals surface area contributed by atoms with Crippen LogP contribution in [-0.4, -0.2) is 22.6 Å². The molecule has 0 radical (unpaired) electrons. The number of aromatic nitrogens is 2. The van der Waals surface area contributed by atoms with E-state index in [-0.39, 0.29) is 5.91 Å². The summed E-state index contributed by atoms with van der Waals surface area (Å²) in [4.78, 5) is 12.8. The van der Waals surface area contributed by atoms with Crippen molar-refractivity contribution in [3.8, 4) is 5.75 Å². The van der Waals surface area contributed by atoms with E-state index in [0.717, 1.165) is 35.6 Å². The quantitative estimate of drug-likeness (QED) is 0.797. The number of anilines is 1. The van der Waals surface area contributed by atoms with Crippen molar-refractivity contribution in [2.45, 2.75) is 26.3 Å². The third kappa shape index (κ3) is 3.69. The van der Waals surface area contributed by atoms with Crippen LogP contribution in [0, 0.1) is 0 Å². The van der Waals surface area contributed by atoms with E-state index in [1.807, 2.05) is 6.92 Å². The average molecular weight is 306 g/mol. The molecule has 3 N–H and O–H groups in total. The van der Waals surface area contributed by atoms with Gasteiger partial charge in [-0.05, 0) is 36.2 Å². The molecule has 0 bridgehead atoms. The molecule has 2 aromatic rings. The van der Waals surface area contributed by atoms with E-state index in [1.54, 1.807) is 25.3 Å². The monoisotopic (exact) mass is 306 g/mol. The van der Waals surface area contributed by atoms with Gasteiger partial charge < -0.3 is 15.8 Å². The summed E-state index contributed by atoms with van der Waals surface area (Å²) in [6.07, 6.45) is 1.68. The zero-order chi connectivity index (χ0) is 15.2. The van der Waals surface area contributed by atoms with Gasteiger partial charge in [0, 0.05) is 17.8 Å². The number of nitrogens with one attached hydrogen (secondary N) is 1. The topological polar surface area (TPSA) is 90.1 Å². The number of amides is 1. The van der Waals surface area contributed by atoms with Crippen LogP contribution in [0.5, 0.6) is 5.75 Å². The van der Waals surface area contributed by atoms with Crippen molar-refractivity contribution in [3.05, 3.63) is 34.3 Å². The fourth-order valence-electron chi connectivity index (χ4n) is 1.97. The molecule has 0 atom stereocenters. The van der Waals surface area contributed by atoms with Gasteiger partial charge in [0.05, 0.1) is 12.8 Å². The first-order valence-electron chi connectivity index (χ1n) is 6.67. The maximum Gasteiger partial charge on any atom is 0.265 e. The molecule has 1 aromatic carbocycles. The van der Waals surface area contributed by atoms with E-state index in [9.17, 15) is 4.79 Å². The Morgan fingerprint density at radius 2 is 2.29 bits per heavy atom. The van der Waals surface area contributed by atoms with Gasteiger partial charge in [-0.15, -0.1) is 5.10 Å². The third-order valence-corrected chi connectivity index (χ3v) is 3.76. The minimum Gasteiger partial charge on any atom is -0.496 e. The van der Waals surface area contributed by atoms with Crippen LogP contribution in [0.25, 0.3) is 0 Å². The van der Waals surface area contributed by atoms with Crippen molar-refractivity contribution >= 4 is 23.1 Å². The van der Waals surface area contributed by atoms with E-state index in [1.165, 1.54) is 0 Å². The van der Waals surface area contributed by atoms with Gasteiger partial charge in [0.2, 0.25) is 0 Å². The van der Waals surface area contributed by atoms with Crippen molar-refractivity contribution in [1.82, 2.24) is 14.9 Å². The van der Waals surface area contributed by atoms with Gasteiger partial charge >= 0.3 is 0 Å². The van der Waals surface area contributed by atoms with Gasteiger partial charge in [0.25, 0.3) is 5.91 Å². The summed E-state index contributed by atoms with van der Waals surface area (Å²) in [5, 5.41) is 6.85. The van der Waals surface area contributed by atoms with Gasteiger partial charge in [-0.2, -0.15) is 0 Å². The number of ether oxygens (including phenoxy) is 1. The molecule has 0 aliphatic carbocycles. The molecule has 0 saturated carbocycles. The van der Waals surface area contributed by atoms with Crippen molar-refractivity contribution in [2.24, 2.45) is 0 Å². The van der Waals surface area contributed by atoms with Gasteiger partial charge in [0.1, 0.15) is 10.6 Å². The first-order valence-corrected chi connectivity index (χ1v) is 7.44. The summed E-state index contributed by atoms with van der Waals surface area (Å²) < 4.78 is 9.11. The van der Waals surface area contributed by atoms with E-state index in [0.29, 0.717) is 22.9 Å². The molecule has 0 spiro atoms. The van der Waals surface area contributed by atoms with E-state index < -0.39 is 0 Å². The lowest BCUT2D eigenvalue weighted by Gasteiger charge is -2.10. The van der Waals surface area contributed by atoms with Crippen LogP contribution >= 0.6 is 11.5 Å². The Kier molecular flexibility index (Phi) is 5.10. The number of hydrogen-bond acceptors (Lipinski definition) is 6. The second-order valence-corrected chi connectivity index (χ2v) is 5.31. The SMILES string of the molecule is CCCc1nnsc1C(=O)NCc1cc(N)ccc1OC. The number of aryl methyl sites for hydroxylation is 1. The number of hydrogen-bond donors (Lipinski definition) is 2. The standard InChI is InChI=1S/C14H18N4O2S/c1-3-4-11-13(21-18-17-11)14(19)16-8-9-7-10(15)5-6-12(9)20-2/h5-7H,3-4,8,15H2,1-2H3,(H,16,19). The van der Waals surface area contributed by atoms with Gasteiger partial charge in [-0.3, -0.25) is 4.79 Å². The molecule has 0 aliphatic heterocycles. The first kappa shape index (κ1) is 15.2. The lowest BCUT2D eigenvalue weighted by atomic mass is 10.1. The predicted molar refractivity (Wildman–Crippen MR) is 82.5 cm³/mol. The van der Waals surface area contributed by atoms with E-state index in [4.69, 9.17) is 10.5 Å². The van der Waals surface area contributed by atoms with Crippen LogP contribution in [0.4, 0.5) is 5.69 Å². The molecule has 112 valence electrons. The summed E-state index contributed by atoms with van der Waals surface area (Å²) in [7, 11) is 1.59. The largest absolute Gasteiger partial charge is 0.496 e. The smallest absolute Gasteiger partial charge is 0.265 e. The number of nitrogens with two attached hydrogens (primary N) is 1. The number of benzene rings is 1. The fourth-order valence-corrected chi connectivity index (χ4v) is 2.60. The number of carbonyl (C=O) groups is 1. The molecule has 6 nitrogen and oxygen atoms in total. The molecule has 1 amide bonds. The van der Waals surface area contributed by atoms with Crippen LogP contribution in [0.2, 0.25) is 0 Å². The summed E-state index contributed by atoms with van der Waals surface area (Å²) >= 11 is 1.12. The highest BCUT2D eigenvalue weighted by atomic mass is 32.1. The molecular weight excluding hydrogens is 288 g/mol. The zero-order valence-electron chi connectivity index (χ0n) is 12.0. The lowest BCUT2D eigenvalue weighted by molar-refractivity contribution is 0.0953. The van der Waals surface area contributed by atoms with Crippen LogP contribution in [-0.2, 0) is 13.0 Å². The molecule has 0 fully saturated rings. The Balaban J connectivity index is 2.07. The maximum absolute atomic E-state index is 12.2. The fraction of sp³-hybridized carbons (Fsp3) is 0.357. The van der Waals surface area contributed by atoms with E-state index in [2.05, 4.69) is 14.9 Å². The molecule has 7 heteroatoms. The molecule has 1 heterocycles. The highest BCUT2D eigenvalue weighted by Crippen LogP contribution is 2.21. The highest BCUT2D eigenvalue weighted by molar-refractivity contribution is 7.08. The van der Waals surface area contributed by atoms with Crippen molar-refractivity contribution in [1.29, 1.82) is 0 Å². The molecular formula is C14H18N4O2S. The minimum atomic E-state index is -0.169. The first-order chi connectivity index (χ1) is 10.2. The third-order valence-electron chi connectivity index (χ3n) is 2.99. The predicted octanol–water partition coefficient (Wildman–Crippen LogP) is 2.01. The maximum atomic E-state index is 12.2. The van der Waals surface area contributed by atoms with Crippen molar-refractivity contribution in [2.75, 3.05) is 12.8 Å². The molecule has 2 rings (SSSR count). The van der Waals surface area contributed by atoms with Crippen LogP contribution in [0.1, 0.15) is 34.3 Å². The Hall–Kier alpha value is -2.15. The summed E-state index contributed by atoms with van der Waals surface area (Å²) in [6.45, 7) is 2.38. The summed E-state index contributed by atoms with van der Waals surface area (Å²) in [5.74, 6) is 0.527. The van der Waals surface area contributed by atoms with Gasteiger partial charge in [-0.25, -0.2) is 0 Å². The minimum absolute atomic E-state index is 0.169. The van der Waals surface area contributed by atoms with Gasteiger partial charge in [0.15, 0.2) is 0 Å². The molecule has 21 heavy (non-hydrogen) atoms. The molecule has 0 saturated heterocycles. The van der Waals surface area contributed by atoms with Crippen LogP contribution < -0.4 is 15.8 Å². The molecule has 0 aliphatic rings. The van der Waals surface area contributed by atoms with Gasteiger partial charge in [-0.1, -0.05) is 17.8 Å². The molecule has 0 unspecified atom stereocenters. The van der Waals surface area contributed by atoms with Crippen LogP contribution in [0.15, 0.2) is 18.2 Å². The Labute approximate surface area is 127 Å². The Morgan fingerprint density at radius 3 is 3.00 bits per heavy atom. The summed E-state index contributed by atoms with van der Waals surface area (Å²) in [5.41, 5.74) is 7.97.